The highest BCUT2D eigenvalue weighted by molar-refractivity contribution is 7.92. The summed E-state index contributed by atoms with van der Waals surface area (Å²) in [7, 11) is -3.90. The van der Waals surface area contributed by atoms with Gasteiger partial charge in [0, 0.05) is 0 Å². The van der Waals surface area contributed by atoms with Crippen molar-refractivity contribution in [1.82, 2.24) is 0 Å². The SMILES string of the molecule is CCCCc1ccc(S(=O)(=O)Nc2cc(C)ccc2OC(F)F)cc1. The number of hydrogen-bond donors (Lipinski definition) is 1. The van der Waals surface area contributed by atoms with Crippen molar-refractivity contribution in [2.75, 3.05) is 4.72 Å². The summed E-state index contributed by atoms with van der Waals surface area (Å²) in [5.41, 5.74) is 1.75. The van der Waals surface area contributed by atoms with Gasteiger partial charge in [-0.15, -0.1) is 0 Å². The first-order valence-corrected chi connectivity index (χ1v) is 9.47. The van der Waals surface area contributed by atoms with Crippen molar-refractivity contribution in [3.05, 3.63) is 53.6 Å². The molecule has 25 heavy (non-hydrogen) atoms. The van der Waals surface area contributed by atoms with Gasteiger partial charge in [0.15, 0.2) is 0 Å². The first-order chi connectivity index (χ1) is 11.8. The lowest BCUT2D eigenvalue weighted by molar-refractivity contribution is -0.0493. The van der Waals surface area contributed by atoms with Crippen molar-refractivity contribution in [3.63, 3.8) is 0 Å². The fourth-order valence-corrected chi connectivity index (χ4v) is 3.40. The average molecular weight is 369 g/mol. The summed E-state index contributed by atoms with van der Waals surface area (Å²) >= 11 is 0. The van der Waals surface area contributed by atoms with Crippen LogP contribution in [0.25, 0.3) is 0 Å². The molecule has 0 fully saturated rings. The van der Waals surface area contributed by atoms with Crippen molar-refractivity contribution < 1.29 is 21.9 Å². The number of hydrogen-bond acceptors (Lipinski definition) is 3. The van der Waals surface area contributed by atoms with Gasteiger partial charge >= 0.3 is 6.61 Å². The first kappa shape index (κ1) is 19.2. The number of unbranched alkanes of at least 4 members (excludes halogenated alkanes) is 1. The maximum absolute atomic E-state index is 12.5. The summed E-state index contributed by atoms with van der Waals surface area (Å²) in [4.78, 5) is 0.0669. The Morgan fingerprint density at radius 2 is 1.80 bits per heavy atom. The zero-order valence-electron chi connectivity index (χ0n) is 14.1. The van der Waals surface area contributed by atoms with Crippen molar-refractivity contribution in [2.45, 2.75) is 44.6 Å². The van der Waals surface area contributed by atoms with Crippen LogP contribution in [-0.2, 0) is 16.4 Å². The molecule has 0 heterocycles. The normalized spacial score (nSPS) is 11.6. The molecule has 0 unspecified atom stereocenters. The average Bonchev–Trinajstić information content (AvgIpc) is 2.55. The summed E-state index contributed by atoms with van der Waals surface area (Å²) in [6, 6.07) is 10.9. The molecule has 0 aliphatic heterocycles. The van der Waals surface area contributed by atoms with Gasteiger partial charge < -0.3 is 4.74 Å². The van der Waals surface area contributed by atoms with E-state index in [1.165, 1.54) is 24.3 Å². The monoisotopic (exact) mass is 369 g/mol. The maximum Gasteiger partial charge on any atom is 0.387 e. The van der Waals surface area contributed by atoms with E-state index in [1.54, 1.807) is 25.1 Å². The standard InChI is InChI=1S/C18H21F2NO3S/c1-3-4-5-14-7-9-15(10-8-14)25(22,23)21-16-12-13(2)6-11-17(16)24-18(19)20/h6-12,18,21H,3-5H2,1-2H3. The van der Waals surface area contributed by atoms with Crippen LogP contribution in [0.3, 0.4) is 0 Å². The predicted octanol–water partition coefficient (Wildman–Crippen LogP) is 4.74. The van der Waals surface area contributed by atoms with E-state index in [-0.39, 0.29) is 16.3 Å². The molecular formula is C18H21F2NO3S. The third-order valence-corrected chi connectivity index (χ3v) is 5.03. The van der Waals surface area contributed by atoms with Crippen molar-refractivity contribution in [3.8, 4) is 5.75 Å². The zero-order chi connectivity index (χ0) is 18.4. The van der Waals surface area contributed by atoms with Gasteiger partial charge in [0.2, 0.25) is 0 Å². The van der Waals surface area contributed by atoms with Gasteiger partial charge in [-0.3, -0.25) is 4.72 Å². The van der Waals surface area contributed by atoms with Gasteiger partial charge in [0.05, 0.1) is 10.6 Å². The van der Waals surface area contributed by atoms with Crippen LogP contribution in [0.5, 0.6) is 5.75 Å². The smallest absolute Gasteiger partial charge is 0.387 e. The van der Waals surface area contributed by atoms with Gasteiger partial charge in [-0.05, 0) is 55.2 Å². The molecule has 0 aliphatic carbocycles. The Labute approximate surface area is 146 Å². The van der Waals surface area contributed by atoms with E-state index in [9.17, 15) is 17.2 Å². The van der Waals surface area contributed by atoms with Crippen LogP contribution in [-0.4, -0.2) is 15.0 Å². The van der Waals surface area contributed by atoms with E-state index in [1.807, 2.05) is 0 Å². The Bertz CT molecular complexity index is 806. The number of rotatable bonds is 8. The van der Waals surface area contributed by atoms with Gasteiger partial charge in [-0.1, -0.05) is 31.5 Å². The summed E-state index contributed by atoms with van der Waals surface area (Å²) < 4.78 is 56.8. The minimum Gasteiger partial charge on any atom is -0.433 e. The summed E-state index contributed by atoms with van der Waals surface area (Å²) in [6.07, 6.45) is 2.97. The third kappa shape index (κ3) is 5.42. The molecule has 0 amide bonds. The van der Waals surface area contributed by atoms with Crippen LogP contribution in [0.1, 0.15) is 30.9 Å². The van der Waals surface area contributed by atoms with Crippen LogP contribution < -0.4 is 9.46 Å². The van der Waals surface area contributed by atoms with E-state index in [4.69, 9.17) is 0 Å². The minimum atomic E-state index is -3.90. The molecule has 0 saturated carbocycles. The lowest BCUT2D eigenvalue weighted by Gasteiger charge is -2.14. The second-order valence-corrected chi connectivity index (χ2v) is 7.41. The number of halogens is 2. The third-order valence-electron chi connectivity index (χ3n) is 3.65. The number of alkyl halides is 2. The molecule has 0 atom stereocenters. The number of sulfonamides is 1. The Morgan fingerprint density at radius 1 is 1.12 bits per heavy atom. The maximum atomic E-state index is 12.5. The van der Waals surface area contributed by atoms with Crippen molar-refractivity contribution in [2.24, 2.45) is 0 Å². The lowest BCUT2D eigenvalue weighted by Crippen LogP contribution is -2.15. The molecule has 2 aromatic rings. The fourth-order valence-electron chi connectivity index (χ4n) is 2.34. The van der Waals surface area contributed by atoms with Crippen molar-refractivity contribution >= 4 is 15.7 Å². The van der Waals surface area contributed by atoms with E-state index < -0.39 is 16.6 Å². The Morgan fingerprint density at radius 3 is 2.40 bits per heavy atom. The molecule has 0 spiro atoms. The molecular weight excluding hydrogens is 348 g/mol. The number of nitrogens with one attached hydrogen (secondary N) is 1. The van der Waals surface area contributed by atoms with Crippen LogP contribution in [0.4, 0.5) is 14.5 Å². The van der Waals surface area contributed by atoms with Gasteiger partial charge in [0.1, 0.15) is 5.75 Å². The fraction of sp³-hybridized carbons (Fsp3) is 0.333. The van der Waals surface area contributed by atoms with E-state index in [2.05, 4.69) is 16.4 Å². The molecule has 4 nitrogen and oxygen atoms in total. The molecule has 0 bridgehead atoms. The van der Waals surface area contributed by atoms with Crippen molar-refractivity contribution in [1.29, 1.82) is 0 Å². The topological polar surface area (TPSA) is 55.4 Å². The molecule has 136 valence electrons. The lowest BCUT2D eigenvalue weighted by atomic mass is 10.1. The quantitative estimate of drug-likeness (QED) is 0.731. The van der Waals surface area contributed by atoms with E-state index >= 15 is 0 Å². The highest BCUT2D eigenvalue weighted by Crippen LogP contribution is 2.29. The highest BCUT2D eigenvalue weighted by Gasteiger charge is 2.18. The summed E-state index contributed by atoms with van der Waals surface area (Å²) in [5, 5.41) is 0. The first-order valence-electron chi connectivity index (χ1n) is 7.99. The number of anilines is 1. The number of ether oxygens (including phenoxy) is 1. The Hall–Kier alpha value is -2.15. The Balaban J connectivity index is 2.25. The summed E-state index contributed by atoms with van der Waals surface area (Å²) in [5.74, 6) is -0.219. The molecule has 0 saturated heterocycles. The van der Waals surface area contributed by atoms with Gasteiger partial charge in [-0.2, -0.15) is 8.78 Å². The Kier molecular flexibility index (Phi) is 6.36. The zero-order valence-corrected chi connectivity index (χ0v) is 14.9. The molecule has 2 aromatic carbocycles. The second-order valence-electron chi connectivity index (χ2n) is 5.73. The molecule has 7 heteroatoms. The van der Waals surface area contributed by atoms with Gasteiger partial charge in [0.25, 0.3) is 10.0 Å². The van der Waals surface area contributed by atoms with Crippen LogP contribution in [0.15, 0.2) is 47.4 Å². The minimum absolute atomic E-state index is 0.0182. The van der Waals surface area contributed by atoms with Crippen LogP contribution >= 0.6 is 0 Å². The summed E-state index contributed by atoms with van der Waals surface area (Å²) in [6.45, 7) is 0.777. The molecule has 0 aliphatic rings. The van der Waals surface area contributed by atoms with Crippen LogP contribution in [0.2, 0.25) is 0 Å². The largest absolute Gasteiger partial charge is 0.433 e. The molecule has 1 N–H and O–H groups in total. The van der Waals surface area contributed by atoms with Crippen LogP contribution in [0, 0.1) is 6.92 Å². The highest BCUT2D eigenvalue weighted by atomic mass is 32.2. The molecule has 2 rings (SSSR count). The predicted molar refractivity (Wildman–Crippen MR) is 93.7 cm³/mol. The second kappa shape index (κ2) is 8.29. The number of aryl methyl sites for hydroxylation is 2. The molecule has 0 radical (unpaired) electrons. The van der Waals surface area contributed by atoms with E-state index in [0.717, 1.165) is 24.8 Å². The van der Waals surface area contributed by atoms with Gasteiger partial charge in [-0.25, -0.2) is 8.42 Å². The molecule has 0 aromatic heterocycles. The van der Waals surface area contributed by atoms with E-state index in [0.29, 0.717) is 5.56 Å². The number of benzene rings is 2.